The highest BCUT2D eigenvalue weighted by Crippen LogP contribution is 2.23. The van der Waals surface area contributed by atoms with Crippen molar-refractivity contribution in [1.82, 2.24) is 4.98 Å². The molecule has 0 radical (unpaired) electrons. The quantitative estimate of drug-likeness (QED) is 0.859. The highest BCUT2D eigenvalue weighted by Gasteiger charge is 2.18. The third kappa shape index (κ3) is 3.79. The second kappa shape index (κ2) is 6.68. The molecule has 110 valence electrons. The van der Waals surface area contributed by atoms with Gasteiger partial charge in [0.05, 0.1) is 5.56 Å². The molecule has 1 aromatic heterocycles. The Morgan fingerprint density at radius 2 is 1.86 bits per heavy atom. The summed E-state index contributed by atoms with van der Waals surface area (Å²) in [5.41, 5.74) is 8.90. The lowest BCUT2D eigenvalue weighted by Crippen LogP contribution is -2.33. The van der Waals surface area contributed by atoms with Gasteiger partial charge in [-0.15, -0.1) is 0 Å². The molecule has 0 aliphatic heterocycles. The molecule has 0 bridgehead atoms. The van der Waals surface area contributed by atoms with Crippen molar-refractivity contribution in [1.29, 1.82) is 0 Å². The maximum Gasteiger partial charge on any atom is 0.139 e. The molecule has 0 atom stereocenters. The Morgan fingerprint density at radius 3 is 2.43 bits per heavy atom. The molecule has 2 rings (SSSR count). The first-order valence-electron chi connectivity index (χ1n) is 7.07. The molecule has 0 aliphatic carbocycles. The van der Waals surface area contributed by atoms with Crippen LogP contribution in [0.25, 0.3) is 0 Å². The van der Waals surface area contributed by atoms with E-state index >= 15 is 0 Å². The van der Waals surface area contributed by atoms with Crippen molar-refractivity contribution < 1.29 is 0 Å². The minimum Gasteiger partial charge on any atom is -0.389 e. The molecular formula is C17H21N3S. The van der Waals surface area contributed by atoms with Crippen molar-refractivity contribution in [2.75, 3.05) is 4.90 Å². The largest absolute Gasteiger partial charge is 0.389 e. The molecule has 2 N–H and O–H groups in total. The first-order chi connectivity index (χ1) is 9.99. The van der Waals surface area contributed by atoms with Gasteiger partial charge in [-0.1, -0.05) is 42.5 Å². The van der Waals surface area contributed by atoms with Gasteiger partial charge in [-0.05, 0) is 38.5 Å². The zero-order valence-corrected chi connectivity index (χ0v) is 13.5. The normalized spacial score (nSPS) is 10.7. The molecule has 0 aliphatic rings. The molecule has 0 fully saturated rings. The maximum atomic E-state index is 5.86. The number of hydrogen-bond donors (Lipinski definition) is 1. The second-order valence-corrected chi connectivity index (χ2v) is 5.84. The number of pyridine rings is 1. The molecule has 0 saturated heterocycles. The van der Waals surface area contributed by atoms with Gasteiger partial charge in [0.25, 0.3) is 0 Å². The monoisotopic (exact) mass is 299 g/mol. The van der Waals surface area contributed by atoms with Crippen LogP contribution in [0.1, 0.15) is 30.7 Å². The third-order valence-corrected chi connectivity index (χ3v) is 3.59. The van der Waals surface area contributed by atoms with Crippen LogP contribution in [-0.4, -0.2) is 16.0 Å². The van der Waals surface area contributed by atoms with E-state index in [2.05, 4.69) is 35.9 Å². The van der Waals surface area contributed by atoms with Gasteiger partial charge in [0, 0.05) is 18.3 Å². The fraction of sp³-hybridized carbons (Fsp3) is 0.294. The highest BCUT2D eigenvalue weighted by atomic mass is 32.1. The topological polar surface area (TPSA) is 42.1 Å². The first kappa shape index (κ1) is 15.4. The maximum absolute atomic E-state index is 5.86. The lowest BCUT2D eigenvalue weighted by Gasteiger charge is -2.30. The minimum atomic E-state index is 0.299. The van der Waals surface area contributed by atoms with Crippen LogP contribution in [0.2, 0.25) is 0 Å². The Hall–Kier alpha value is -1.94. The number of rotatable bonds is 5. The van der Waals surface area contributed by atoms with Gasteiger partial charge in [-0.2, -0.15) is 0 Å². The molecule has 1 heterocycles. The number of benzene rings is 1. The van der Waals surface area contributed by atoms with E-state index < -0.39 is 0 Å². The molecule has 4 heteroatoms. The fourth-order valence-corrected chi connectivity index (χ4v) is 2.40. The Kier molecular flexibility index (Phi) is 4.91. The van der Waals surface area contributed by atoms with E-state index in [-0.39, 0.29) is 0 Å². The van der Waals surface area contributed by atoms with E-state index in [1.54, 1.807) is 0 Å². The Morgan fingerprint density at radius 1 is 1.19 bits per heavy atom. The smallest absolute Gasteiger partial charge is 0.139 e. The second-order valence-electron chi connectivity index (χ2n) is 5.40. The Labute approximate surface area is 131 Å². The molecule has 2 aromatic rings. The van der Waals surface area contributed by atoms with Crippen molar-refractivity contribution in [3.05, 3.63) is 59.3 Å². The average molecular weight is 299 g/mol. The molecule has 1 aromatic carbocycles. The standard InChI is InChI=1S/C17H21N3S/c1-12(2)20(11-14-7-5-4-6-8-14)17-15(16(18)21)10-9-13(3)19-17/h4-10,12H,11H2,1-3H3,(H2,18,21). The molecular weight excluding hydrogens is 278 g/mol. The van der Waals surface area contributed by atoms with Crippen LogP contribution in [0, 0.1) is 6.92 Å². The van der Waals surface area contributed by atoms with Crippen molar-refractivity contribution >= 4 is 23.0 Å². The van der Waals surface area contributed by atoms with Crippen LogP contribution in [0.15, 0.2) is 42.5 Å². The predicted octanol–water partition coefficient (Wildman–Crippen LogP) is 3.44. The number of anilines is 1. The Bertz CT molecular complexity index is 623. The molecule has 0 amide bonds. The van der Waals surface area contributed by atoms with E-state index in [0.717, 1.165) is 23.6 Å². The van der Waals surface area contributed by atoms with E-state index in [1.165, 1.54) is 5.56 Å². The molecule has 3 nitrogen and oxygen atoms in total. The van der Waals surface area contributed by atoms with Crippen LogP contribution >= 0.6 is 12.2 Å². The number of nitrogens with two attached hydrogens (primary N) is 1. The number of thiocarbonyl (C=S) groups is 1. The van der Waals surface area contributed by atoms with Gasteiger partial charge in [-0.3, -0.25) is 0 Å². The molecule has 0 spiro atoms. The number of aromatic nitrogens is 1. The molecule has 21 heavy (non-hydrogen) atoms. The summed E-state index contributed by atoms with van der Waals surface area (Å²) in [6, 6.07) is 14.6. The average Bonchev–Trinajstić information content (AvgIpc) is 2.45. The number of aryl methyl sites for hydroxylation is 1. The summed E-state index contributed by atoms with van der Waals surface area (Å²) in [4.78, 5) is 7.29. The molecule has 0 saturated carbocycles. The number of nitrogens with zero attached hydrogens (tertiary/aromatic N) is 2. The van der Waals surface area contributed by atoms with Crippen molar-refractivity contribution in [3.63, 3.8) is 0 Å². The van der Waals surface area contributed by atoms with E-state index in [4.69, 9.17) is 18.0 Å². The summed E-state index contributed by atoms with van der Waals surface area (Å²) in [5, 5.41) is 0. The van der Waals surface area contributed by atoms with E-state index in [1.807, 2.05) is 37.3 Å². The third-order valence-electron chi connectivity index (χ3n) is 3.37. The van der Waals surface area contributed by atoms with Crippen molar-refractivity contribution in [3.8, 4) is 0 Å². The summed E-state index contributed by atoms with van der Waals surface area (Å²) in [6.07, 6.45) is 0. The summed E-state index contributed by atoms with van der Waals surface area (Å²) in [6.45, 7) is 7.06. The zero-order chi connectivity index (χ0) is 15.4. The predicted molar refractivity (Wildman–Crippen MR) is 92.6 cm³/mol. The Balaban J connectivity index is 2.43. The van der Waals surface area contributed by atoms with E-state index in [0.29, 0.717) is 11.0 Å². The van der Waals surface area contributed by atoms with Gasteiger partial charge in [0.1, 0.15) is 10.8 Å². The summed E-state index contributed by atoms with van der Waals surface area (Å²) in [7, 11) is 0. The fourth-order valence-electron chi connectivity index (χ4n) is 2.24. The van der Waals surface area contributed by atoms with Crippen LogP contribution in [-0.2, 0) is 6.54 Å². The zero-order valence-electron chi connectivity index (χ0n) is 12.7. The molecule has 0 unspecified atom stereocenters. The van der Waals surface area contributed by atoms with Crippen LogP contribution in [0.5, 0.6) is 0 Å². The van der Waals surface area contributed by atoms with Crippen LogP contribution < -0.4 is 10.6 Å². The van der Waals surface area contributed by atoms with Gasteiger partial charge in [0.15, 0.2) is 0 Å². The lowest BCUT2D eigenvalue weighted by molar-refractivity contribution is 0.671. The summed E-state index contributed by atoms with van der Waals surface area (Å²) in [5.74, 6) is 0.862. The van der Waals surface area contributed by atoms with Crippen LogP contribution in [0.3, 0.4) is 0 Å². The van der Waals surface area contributed by atoms with Gasteiger partial charge >= 0.3 is 0 Å². The first-order valence-corrected chi connectivity index (χ1v) is 7.48. The van der Waals surface area contributed by atoms with Crippen molar-refractivity contribution in [2.24, 2.45) is 5.73 Å². The van der Waals surface area contributed by atoms with Gasteiger partial charge in [0.2, 0.25) is 0 Å². The summed E-state index contributed by atoms with van der Waals surface area (Å²) >= 11 is 5.17. The van der Waals surface area contributed by atoms with Crippen LogP contribution in [0.4, 0.5) is 5.82 Å². The highest BCUT2D eigenvalue weighted by molar-refractivity contribution is 7.80. The van der Waals surface area contributed by atoms with Gasteiger partial charge < -0.3 is 10.6 Å². The van der Waals surface area contributed by atoms with E-state index in [9.17, 15) is 0 Å². The number of hydrogen-bond acceptors (Lipinski definition) is 3. The lowest BCUT2D eigenvalue weighted by atomic mass is 10.1. The summed E-state index contributed by atoms with van der Waals surface area (Å²) < 4.78 is 0. The van der Waals surface area contributed by atoms with Crippen molar-refractivity contribution in [2.45, 2.75) is 33.4 Å². The van der Waals surface area contributed by atoms with Gasteiger partial charge in [-0.25, -0.2) is 4.98 Å². The SMILES string of the molecule is Cc1ccc(C(N)=S)c(N(Cc2ccccc2)C(C)C)n1. The minimum absolute atomic E-state index is 0.299.